The Hall–Kier alpha value is -2.28. The molecule has 2 aromatic heterocycles. The number of sulfone groups is 1. The molecular formula is C18H12Cl2N2O3S. The molecule has 0 spiro atoms. The fraction of sp³-hybridized carbons (Fsp3) is 0.0556. The Morgan fingerprint density at radius 1 is 0.962 bits per heavy atom. The lowest BCUT2D eigenvalue weighted by atomic mass is 10.1. The number of pyridine rings is 1. The van der Waals surface area contributed by atoms with E-state index in [0.717, 1.165) is 0 Å². The van der Waals surface area contributed by atoms with Crippen molar-refractivity contribution in [1.82, 2.24) is 9.97 Å². The van der Waals surface area contributed by atoms with Gasteiger partial charge >= 0.3 is 0 Å². The lowest BCUT2D eigenvalue weighted by Crippen LogP contribution is -2.08. The number of benzene rings is 2. The van der Waals surface area contributed by atoms with Gasteiger partial charge in [0.2, 0.25) is 0 Å². The van der Waals surface area contributed by atoms with Crippen molar-refractivity contribution in [2.24, 2.45) is 0 Å². The molecule has 0 unspecified atom stereocenters. The molecule has 0 amide bonds. The summed E-state index contributed by atoms with van der Waals surface area (Å²) in [5.41, 5.74) is 1.08. The third kappa shape index (κ3) is 2.80. The van der Waals surface area contributed by atoms with Crippen molar-refractivity contribution in [3.8, 4) is 0 Å². The van der Waals surface area contributed by atoms with E-state index in [-0.39, 0.29) is 16.2 Å². The zero-order chi connectivity index (χ0) is 18.5. The van der Waals surface area contributed by atoms with Gasteiger partial charge in [0.1, 0.15) is 5.52 Å². The zero-order valence-corrected chi connectivity index (χ0v) is 15.5. The largest absolute Gasteiger partial charge is 0.357 e. The molecule has 132 valence electrons. The van der Waals surface area contributed by atoms with Crippen molar-refractivity contribution in [2.45, 2.75) is 10.6 Å². The van der Waals surface area contributed by atoms with E-state index in [1.54, 1.807) is 42.6 Å². The van der Waals surface area contributed by atoms with Gasteiger partial charge in [0.25, 0.3) is 5.56 Å². The molecule has 26 heavy (non-hydrogen) atoms. The monoisotopic (exact) mass is 406 g/mol. The third-order valence-electron chi connectivity index (χ3n) is 4.26. The molecule has 0 atom stereocenters. The van der Waals surface area contributed by atoms with Crippen molar-refractivity contribution in [2.75, 3.05) is 0 Å². The normalized spacial score (nSPS) is 12.1. The van der Waals surface area contributed by atoms with Gasteiger partial charge in [-0.15, -0.1) is 0 Å². The summed E-state index contributed by atoms with van der Waals surface area (Å²) in [4.78, 5) is 17.8. The van der Waals surface area contributed by atoms with Crippen LogP contribution in [0, 0.1) is 0 Å². The molecule has 0 bridgehead atoms. The van der Waals surface area contributed by atoms with Crippen LogP contribution in [0.25, 0.3) is 21.8 Å². The van der Waals surface area contributed by atoms with E-state index in [0.29, 0.717) is 37.4 Å². The van der Waals surface area contributed by atoms with Gasteiger partial charge in [-0.05, 0) is 36.4 Å². The lowest BCUT2D eigenvalue weighted by Gasteiger charge is -2.09. The average molecular weight is 407 g/mol. The van der Waals surface area contributed by atoms with E-state index in [1.807, 2.05) is 0 Å². The van der Waals surface area contributed by atoms with E-state index in [4.69, 9.17) is 23.2 Å². The van der Waals surface area contributed by atoms with Crippen LogP contribution in [0.2, 0.25) is 10.0 Å². The first-order chi connectivity index (χ1) is 12.4. The van der Waals surface area contributed by atoms with Crippen LogP contribution in [0.15, 0.2) is 58.4 Å². The van der Waals surface area contributed by atoms with Crippen LogP contribution < -0.4 is 5.56 Å². The Morgan fingerprint density at radius 2 is 1.69 bits per heavy atom. The van der Waals surface area contributed by atoms with Crippen LogP contribution in [0.5, 0.6) is 0 Å². The van der Waals surface area contributed by atoms with Gasteiger partial charge in [-0.25, -0.2) is 8.42 Å². The molecule has 8 heteroatoms. The maximum absolute atomic E-state index is 12.9. The molecule has 0 aliphatic heterocycles. The van der Waals surface area contributed by atoms with Gasteiger partial charge in [-0.1, -0.05) is 29.3 Å². The van der Waals surface area contributed by atoms with Crippen LogP contribution in [0.4, 0.5) is 0 Å². The van der Waals surface area contributed by atoms with Crippen LogP contribution in [0.1, 0.15) is 5.56 Å². The first-order valence-corrected chi connectivity index (χ1v) is 10.1. The Balaban J connectivity index is 1.88. The zero-order valence-electron chi connectivity index (χ0n) is 13.2. The molecule has 2 aromatic carbocycles. The summed E-state index contributed by atoms with van der Waals surface area (Å²) in [5, 5.41) is 1.92. The highest BCUT2D eigenvalue weighted by molar-refractivity contribution is 7.90. The lowest BCUT2D eigenvalue weighted by molar-refractivity contribution is 0.595. The molecule has 4 aromatic rings. The summed E-state index contributed by atoms with van der Waals surface area (Å²) in [6, 6.07) is 11.2. The van der Waals surface area contributed by atoms with Crippen molar-refractivity contribution in [3.05, 3.63) is 74.6 Å². The molecule has 2 heterocycles. The van der Waals surface area contributed by atoms with E-state index in [2.05, 4.69) is 9.97 Å². The Labute approximate surface area is 158 Å². The number of halogens is 2. The van der Waals surface area contributed by atoms with E-state index < -0.39 is 9.84 Å². The van der Waals surface area contributed by atoms with Crippen LogP contribution in [0.3, 0.4) is 0 Å². The maximum Gasteiger partial charge on any atom is 0.272 e. The highest BCUT2D eigenvalue weighted by Gasteiger charge is 2.20. The van der Waals surface area contributed by atoms with Crippen molar-refractivity contribution >= 4 is 54.8 Å². The number of hydrogen-bond acceptors (Lipinski definition) is 3. The number of fused-ring (bicyclic) bond motifs is 3. The fourth-order valence-electron chi connectivity index (χ4n) is 2.96. The fourth-order valence-corrected chi connectivity index (χ4v) is 5.08. The van der Waals surface area contributed by atoms with Gasteiger partial charge in [-0.2, -0.15) is 0 Å². The Morgan fingerprint density at radius 3 is 2.42 bits per heavy atom. The molecular weight excluding hydrogens is 395 g/mol. The van der Waals surface area contributed by atoms with Gasteiger partial charge in [0.05, 0.1) is 10.6 Å². The third-order valence-corrected chi connectivity index (χ3v) is 6.61. The molecule has 0 aliphatic rings. The quantitative estimate of drug-likeness (QED) is 0.532. The van der Waals surface area contributed by atoms with E-state index in [1.165, 1.54) is 6.07 Å². The minimum Gasteiger partial charge on any atom is -0.357 e. The highest BCUT2D eigenvalue weighted by atomic mass is 35.5. The predicted octanol–water partition coefficient (Wildman–Crippen LogP) is 4.29. The summed E-state index contributed by atoms with van der Waals surface area (Å²) in [7, 11) is -3.68. The van der Waals surface area contributed by atoms with E-state index in [9.17, 15) is 13.2 Å². The second kappa shape index (κ2) is 6.16. The summed E-state index contributed by atoms with van der Waals surface area (Å²) in [5.74, 6) is -0.309. The molecule has 0 saturated heterocycles. The second-order valence-electron chi connectivity index (χ2n) is 5.89. The number of H-pyrrole nitrogens is 2. The first-order valence-electron chi connectivity index (χ1n) is 7.65. The molecule has 4 rings (SSSR count). The standard InChI is InChI=1S/C18H12Cl2N2O3S/c19-14-2-1-3-15(20)13(14)9-26(24,25)10-4-5-16-12(8-10)11-6-7-21-17(11)18(23)22-16/h1-8,21H,9H2,(H,22,23). The number of aromatic nitrogens is 2. The molecule has 0 saturated carbocycles. The Kier molecular flexibility index (Phi) is 4.06. The van der Waals surface area contributed by atoms with Crippen molar-refractivity contribution < 1.29 is 8.42 Å². The molecule has 2 N–H and O–H groups in total. The molecule has 5 nitrogen and oxygen atoms in total. The number of hydrogen-bond donors (Lipinski definition) is 2. The van der Waals surface area contributed by atoms with Crippen molar-refractivity contribution in [1.29, 1.82) is 0 Å². The van der Waals surface area contributed by atoms with Crippen LogP contribution in [-0.2, 0) is 15.6 Å². The Bertz CT molecular complexity index is 1300. The maximum atomic E-state index is 12.9. The molecule has 0 aliphatic carbocycles. The predicted molar refractivity (Wildman–Crippen MR) is 104 cm³/mol. The van der Waals surface area contributed by atoms with Gasteiger partial charge < -0.3 is 9.97 Å². The smallest absolute Gasteiger partial charge is 0.272 e. The summed E-state index contributed by atoms with van der Waals surface area (Å²) in [6.07, 6.45) is 1.64. The minimum absolute atomic E-state index is 0.135. The minimum atomic E-state index is -3.68. The van der Waals surface area contributed by atoms with Gasteiger partial charge in [0, 0.05) is 38.1 Å². The average Bonchev–Trinajstić information content (AvgIpc) is 3.09. The first kappa shape index (κ1) is 17.1. The number of nitrogens with one attached hydrogen (secondary N) is 2. The molecule has 0 radical (unpaired) electrons. The summed E-state index contributed by atoms with van der Waals surface area (Å²) >= 11 is 12.2. The second-order valence-corrected chi connectivity index (χ2v) is 8.69. The van der Waals surface area contributed by atoms with Gasteiger partial charge in [0.15, 0.2) is 9.84 Å². The SMILES string of the molecule is O=c1[nH]c2ccc(S(=O)(=O)Cc3c(Cl)cccc3Cl)cc2c2cc[nH]c12. The number of aromatic amines is 2. The van der Waals surface area contributed by atoms with Crippen molar-refractivity contribution in [3.63, 3.8) is 0 Å². The van der Waals surface area contributed by atoms with E-state index >= 15 is 0 Å². The molecule has 0 fully saturated rings. The topological polar surface area (TPSA) is 82.8 Å². The number of rotatable bonds is 3. The van der Waals surface area contributed by atoms with Crippen LogP contribution in [-0.4, -0.2) is 18.4 Å². The van der Waals surface area contributed by atoms with Crippen LogP contribution >= 0.6 is 23.2 Å². The highest BCUT2D eigenvalue weighted by Crippen LogP contribution is 2.30. The summed E-state index contributed by atoms with van der Waals surface area (Å²) in [6.45, 7) is 0. The van der Waals surface area contributed by atoms with Gasteiger partial charge in [-0.3, -0.25) is 4.79 Å². The summed E-state index contributed by atoms with van der Waals surface area (Å²) < 4.78 is 25.8.